The molecule has 1 fully saturated rings. The number of pyridine rings is 1. The quantitative estimate of drug-likeness (QED) is 0.901. The molecule has 0 saturated carbocycles. The molecule has 0 bridgehead atoms. The van der Waals surface area contributed by atoms with Crippen molar-refractivity contribution < 1.29 is 9.53 Å². The molecule has 0 aliphatic carbocycles. The van der Waals surface area contributed by atoms with E-state index in [-0.39, 0.29) is 5.91 Å². The molecule has 0 aromatic carbocycles. The van der Waals surface area contributed by atoms with Crippen LogP contribution in [0.4, 0.5) is 0 Å². The Morgan fingerprint density at radius 2 is 2.26 bits per heavy atom. The van der Waals surface area contributed by atoms with Gasteiger partial charge in [0.1, 0.15) is 9.88 Å². The minimum atomic E-state index is -0.0721. The third-order valence-electron chi connectivity index (χ3n) is 3.69. The molecule has 1 saturated heterocycles. The van der Waals surface area contributed by atoms with Gasteiger partial charge in [-0.15, -0.1) is 11.3 Å². The van der Waals surface area contributed by atoms with Crippen molar-refractivity contribution >= 4 is 17.2 Å². The van der Waals surface area contributed by atoms with Gasteiger partial charge >= 0.3 is 0 Å². The topological polar surface area (TPSA) is 67.4 Å². The molecular formula is C16H20N4O2S. The normalized spacial score (nSPS) is 15.5. The van der Waals surface area contributed by atoms with Crippen LogP contribution in [0.2, 0.25) is 0 Å². The van der Waals surface area contributed by atoms with Gasteiger partial charge in [-0.05, 0) is 18.6 Å². The summed E-state index contributed by atoms with van der Waals surface area (Å²) in [6.45, 7) is 6.51. The van der Waals surface area contributed by atoms with Gasteiger partial charge in [-0.3, -0.25) is 14.7 Å². The SMILES string of the molecule is Cc1nc(CN2CCOCC2)sc1C(=O)NCc1cccnc1. The fraction of sp³-hybridized carbons (Fsp3) is 0.438. The molecule has 1 amide bonds. The average Bonchev–Trinajstić information content (AvgIpc) is 2.95. The van der Waals surface area contributed by atoms with Gasteiger partial charge in [0, 0.05) is 32.0 Å². The molecule has 2 aromatic rings. The molecule has 2 aromatic heterocycles. The lowest BCUT2D eigenvalue weighted by atomic mass is 10.3. The van der Waals surface area contributed by atoms with Crippen LogP contribution in [0, 0.1) is 6.92 Å². The van der Waals surface area contributed by atoms with Crippen molar-refractivity contribution in [2.75, 3.05) is 26.3 Å². The molecule has 1 aliphatic heterocycles. The van der Waals surface area contributed by atoms with Gasteiger partial charge < -0.3 is 10.1 Å². The molecule has 3 heterocycles. The summed E-state index contributed by atoms with van der Waals surface area (Å²) in [6, 6.07) is 3.80. The maximum Gasteiger partial charge on any atom is 0.263 e. The van der Waals surface area contributed by atoms with Crippen molar-refractivity contribution in [3.05, 3.63) is 45.7 Å². The summed E-state index contributed by atoms with van der Waals surface area (Å²) in [5.74, 6) is -0.0721. The standard InChI is InChI=1S/C16H20N4O2S/c1-12-15(16(21)18-10-13-3-2-4-17-9-13)23-14(19-12)11-20-5-7-22-8-6-20/h2-4,9H,5-8,10-11H2,1H3,(H,18,21). The van der Waals surface area contributed by atoms with Crippen LogP contribution in [0.15, 0.2) is 24.5 Å². The van der Waals surface area contributed by atoms with Crippen LogP contribution in [-0.4, -0.2) is 47.1 Å². The number of amides is 1. The van der Waals surface area contributed by atoms with Crippen LogP contribution >= 0.6 is 11.3 Å². The molecule has 7 heteroatoms. The second kappa shape index (κ2) is 7.63. The summed E-state index contributed by atoms with van der Waals surface area (Å²) >= 11 is 1.48. The fourth-order valence-electron chi connectivity index (χ4n) is 2.45. The number of hydrogen-bond donors (Lipinski definition) is 1. The zero-order valence-corrected chi connectivity index (χ0v) is 13.9. The van der Waals surface area contributed by atoms with E-state index in [9.17, 15) is 4.79 Å². The Labute approximate surface area is 139 Å². The molecular weight excluding hydrogens is 312 g/mol. The number of aryl methyl sites for hydroxylation is 1. The Morgan fingerprint density at radius 1 is 1.43 bits per heavy atom. The Balaban J connectivity index is 1.59. The zero-order chi connectivity index (χ0) is 16.1. The molecule has 1 N–H and O–H groups in total. The Hall–Kier alpha value is -1.83. The van der Waals surface area contributed by atoms with E-state index in [0.29, 0.717) is 11.4 Å². The van der Waals surface area contributed by atoms with Gasteiger partial charge in [0.2, 0.25) is 0 Å². The van der Waals surface area contributed by atoms with Crippen molar-refractivity contribution in [2.45, 2.75) is 20.0 Å². The first-order valence-electron chi connectivity index (χ1n) is 7.66. The summed E-state index contributed by atoms with van der Waals surface area (Å²) < 4.78 is 5.35. The van der Waals surface area contributed by atoms with Crippen LogP contribution in [0.5, 0.6) is 0 Å². The van der Waals surface area contributed by atoms with Gasteiger partial charge in [-0.2, -0.15) is 0 Å². The number of hydrogen-bond acceptors (Lipinski definition) is 6. The molecule has 0 radical (unpaired) electrons. The van der Waals surface area contributed by atoms with Gasteiger partial charge in [-0.1, -0.05) is 6.07 Å². The lowest BCUT2D eigenvalue weighted by molar-refractivity contribution is 0.0341. The smallest absolute Gasteiger partial charge is 0.263 e. The van der Waals surface area contributed by atoms with Crippen LogP contribution < -0.4 is 5.32 Å². The largest absolute Gasteiger partial charge is 0.379 e. The maximum atomic E-state index is 12.3. The molecule has 23 heavy (non-hydrogen) atoms. The number of thiazole rings is 1. The number of aromatic nitrogens is 2. The predicted octanol–water partition coefficient (Wildman–Crippen LogP) is 1.61. The van der Waals surface area contributed by atoms with Crippen LogP contribution in [0.25, 0.3) is 0 Å². The zero-order valence-electron chi connectivity index (χ0n) is 13.1. The highest BCUT2D eigenvalue weighted by Crippen LogP contribution is 2.20. The number of morpholine rings is 1. The van der Waals surface area contributed by atoms with Gasteiger partial charge in [0.25, 0.3) is 5.91 Å². The van der Waals surface area contributed by atoms with E-state index in [1.165, 1.54) is 11.3 Å². The highest BCUT2D eigenvalue weighted by Gasteiger charge is 2.18. The third kappa shape index (κ3) is 4.34. The summed E-state index contributed by atoms with van der Waals surface area (Å²) in [7, 11) is 0. The Morgan fingerprint density at radius 3 is 3.00 bits per heavy atom. The number of nitrogens with one attached hydrogen (secondary N) is 1. The number of carbonyl (C=O) groups excluding carboxylic acids is 1. The molecule has 0 atom stereocenters. The number of rotatable bonds is 5. The molecule has 6 nitrogen and oxygen atoms in total. The Kier molecular flexibility index (Phi) is 5.32. The maximum absolute atomic E-state index is 12.3. The summed E-state index contributed by atoms with van der Waals surface area (Å²) in [5, 5.41) is 3.91. The van der Waals surface area contributed by atoms with E-state index in [1.54, 1.807) is 12.4 Å². The summed E-state index contributed by atoms with van der Waals surface area (Å²) in [6.07, 6.45) is 3.47. The second-order valence-corrected chi connectivity index (χ2v) is 6.54. The van der Waals surface area contributed by atoms with Crippen molar-refractivity contribution in [1.82, 2.24) is 20.2 Å². The summed E-state index contributed by atoms with van der Waals surface area (Å²) in [4.78, 5) is 23.9. The third-order valence-corrected chi connectivity index (χ3v) is 4.83. The van der Waals surface area contributed by atoms with Crippen molar-refractivity contribution in [3.63, 3.8) is 0 Å². The predicted molar refractivity (Wildman–Crippen MR) is 88.4 cm³/mol. The molecule has 0 spiro atoms. The van der Waals surface area contributed by atoms with Crippen LogP contribution in [0.1, 0.15) is 25.9 Å². The van der Waals surface area contributed by atoms with Crippen molar-refractivity contribution in [3.8, 4) is 0 Å². The minimum absolute atomic E-state index is 0.0721. The van der Waals surface area contributed by atoms with E-state index in [2.05, 4.69) is 20.2 Å². The lowest BCUT2D eigenvalue weighted by Crippen LogP contribution is -2.35. The van der Waals surface area contributed by atoms with Crippen LogP contribution in [0.3, 0.4) is 0 Å². The van der Waals surface area contributed by atoms with E-state index in [1.807, 2.05) is 19.1 Å². The van der Waals surface area contributed by atoms with E-state index >= 15 is 0 Å². The average molecular weight is 332 g/mol. The first-order chi connectivity index (χ1) is 11.2. The molecule has 1 aliphatic rings. The number of nitrogens with zero attached hydrogens (tertiary/aromatic N) is 3. The van der Waals surface area contributed by atoms with E-state index in [0.717, 1.165) is 49.1 Å². The first-order valence-corrected chi connectivity index (χ1v) is 8.47. The van der Waals surface area contributed by atoms with Gasteiger partial charge in [0.15, 0.2) is 0 Å². The van der Waals surface area contributed by atoms with E-state index < -0.39 is 0 Å². The minimum Gasteiger partial charge on any atom is -0.379 e. The Bertz CT molecular complexity index is 653. The lowest BCUT2D eigenvalue weighted by Gasteiger charge is -2.25. The van der Waals surface area contributed by atoms with E-state index in [4.69, 9.17) is 4.74 Å². The van der Waals surface area contributed by atoms with Crippen molar-refractivity contribution in [2.24, 2.45) is 0 Å². The highest BCUT2D eigenvalue weighted by molar-refractivity contribution is 7.13. The fourth-order valence-corrected chi connectivity index (χ4v) is 3.47. The van der Waals surface area contributed by atoms with Gasteiger partial charge in [-0.25, -0.2) is 4.98 Å². The molecule has 0 unspecified atom stereocenters. The number of carbonyl (C=O) groups is 1. The monoisotopic (exact) mass is 332 g/mol. The summed E-state index contributed by atoms with van der Waals surface area (Å²) in [5.41, 5.74) is 1.78. The molecule has 3 rings (SSSR count). The van der Waals surface area contributed by atoms with Crippen LogP contribution in [-0.2, 0) is 17.8 Å². The second-order valence-electron chi connectivity index (χ2n) is 5.45. The van der Waals surface area contributed by atoms with Crippen molar-refractivity contribution in [1.29, 1.82) is 0 Å². The van der Waals surface area contributed by atoms with Gasteiger partial charge in [0.05, 0.1) is 25.5 Å². The number of ether oxygens (including phenoxy) is 1. The molecule has 122 valence electrons. The first kappa shape index (κ1) is 16.0. The highest BCUT2D eigenvalue weighted by atomic mass is 32.1.